The zero-order valence-corrected chi connectivity index (χ0v) is 15.1. The van der Waals surface area contributed by atoms with Crippen molar-refractivity contribution in [1.82, 2.24) is 9.88 Å². The predicted molar refractivity (Wildman–Crippen MR) is 98.9 cm³/mol. The summed E-state index contributed by atoms with van der Waals surface area (Å²) in [4.78, 5) is 34.9. The van der Waals surface area contributed by atoms with Crippen LogP contribution in [0, 0.1) is 0 Å². The molecule has 0 spiro atoms. The zero-order valence-electron chi connectivity index (χ0n) is 15.1. The monoisotopic (exact) mass is 356 g/mol. The summed E-state index contributed by atoms with van der Waals surface area (Å²) >= 11 is 0. The van der Waals surface area contributed by atoms with Crippen molar-refractivity contribution in [2.75, 3.05) is 13.2 Å². The van der Waals surface area contributed by atoms with Gasteiger partial charge in [0.15, 0.2) is 6.61 Å². The van der Waals surface area contributed by atoms with Crippen LogP contribution in [0.4, 0.5) is 0 Å². The summed E-state index contributed by atoms with van der Waals surface area (Å²) in [6.07, 6.45) is 2.20. The quantitative estimate of drug-likeness (QED) is 0.733. The maximum absolute atomic E-state index is 11.7. The van der Waals surface area contributed by atoms with Crippen molar-refractivity contribution in [3.8, 4) is 0 Å². The number of amides is 1. The fourth-order valence-corrected chi connectivity index (χ4v) is 2.39. The molecule has 0 aliphatic rings. The lowest BCUT2D eigenvalue weighted by molar-refractivity contribution is -0.149. The molecule has 0 bridgehead atoms. The van der Waals surface area contributed by atoms with Crippen molar-refractivity contribution in [3.05, 3.63) is 70.1 Å². The minimum atomic E-state index is -0.627. The number of esters is 1. The molecule has 0 saturated carbocycles. The molecule has 0 atom stereocenters. The number of pyridine rings is 1. The van der Waals surface area contributed by atoms with Crippen molar-refractivity contribution < 1.29 is 14.3 Å². The number of hydrogen-bond acceptors (Lipinski definition) is 4. The van der Waals surface area contributed by atoms with Crippen LogP contribution in [0.3, 0.4) is 0 Å². The molecule has 26 heavy (non-hydrogen) atoms. The first-order valence-electron chi connectivity index (χ1n) is 8.62. The molecule has 6 heteroatoms. The summed E-state index contributed by atoms with van der Waals surface area (Å²) in [5, 5.41) is 2.71. The Balaban J connectivity index is 1.68. The van der Waals surface area contributed by atoms with E-state index in [0.717, 1.165) is 5.56 Å². The van der Waals surface area contributed by atoms with Gasteiger partial charge in [0.1, 0.15) is 6.54 Å². The van der Waals surface area contributed by atoms with E-state index in [1.807, 2.05) is 0 Å². The Morgan fingerprint density at radius 3 is 2.50 bits per heavy atom. The minimum absolute atomic E-state index is 0.213. The van der Waals surface area contributed by atoms with Gasteiger partial charge in [-0.25, -0.2) is 0 Å². The fraction of sp³-hybridized carbons (Fsp3) is 0.350. The van der Waals surface area contributed by atoms with Gasteiger partial charge in [0, 0.05) is 18.8 Å². The van der Waals surface area contributed by atoms with E-state index in [-0.39, 0.29) is 24.6 Å². The highest BCUT2D eigenvalue weighted by atomic mass is 16.5. The van der Waals surface area contributed by atoms with Gasteiger partial charge >= 0.3 is 5.97 Å². The smallest absolute Gasteiger partial charge is 0.326 e. The van der Waals surface area contributed by atoms with Crippen LogP contribution in [0.5, 0.6) is 0 Å². The molecule has 1 aromatic carbocycles. The Morgan fingerprint density at radius 1 is 1.12 bits per heavy atom. The normalized spacial score (nSPS) is 10.6. The van der Waals surface area contributed by atoms with Gasteiger partial charge < -0.3 is 14.6 Å². The van der Waals surface area contributed by atoms with E-state index in [1.54, 1.807) is 12.1 Å². The lowest BCUT2D eigenvalue weighted by Crippen LogP contribution is -2.32. The second-order valence-corrected chi connectivity index (χ2v) is 6.32. The van der Waals surface area contributed by atoms with Crippen LogP contribution in [0.2, 0.25) is 0 Å². The SMILES string of the molecule is CC(C)c1ccc(CCNC(=O)COC(=O)Cn2ccccc2=O)cc1. The summed E-state index contributed by atoms with van der Waals surface area (Å²) in [6.45, 7) is 4.19. The average molecular weight is 356 g/mol. The van der Waals surface area contributed by atoms with Crippen molar-refractivity contribution in [2.24, 2.45) is 0 Å². The Labute approximate surface area is 152 Å². The first-order chi connectivity index (χ1) is 12.5. The third-order valence-electron chi connectivity index (χ3n) is 3.94. The molecule has 0 fully saturated rings. The van der Waals surface area contributed by atoms with Crippen molar-refractivity contribution in [2.45, 2.75) is 32.7 Å². The zero-order chi connectivity index (χ0) is 18.9. The summed E-state index contributed by atoms with van der Waals surface area (Å²) < 4.78 is 6.12. The molecule has 2 rings (SSSR count). The first-order valence-corrected chi connectivity index (χ1v) is 8.62. The van der Waals surface area contributed by atoms with Crippen LogP contribution in [-0.2, 0) is 27.3 Å². The van der Waals surface area contributed by atoms with Crippen molar-refractivity contribution in [3.63, 3.8) is 0 Å². The Kier molecular flexibility index (Phi) is 7.14. The van der Waals surface area contributed by atoms with Gasteiger partial charge in [-0.2, -0.15) is 0 Å². The van der Waals surface area contributed by atoms with E-state index < -0.39 is 5.97 Å². The second-order valence-electron chi connectivity index (χ2n) is 6.32. The molecule has 138 valence electrons. The van der Waals surface area contributed by atoms with Crippen molar-refractivity contribution >= 4 is 11.9 Å². The van der Waals surface area contributed by atoms with Crippen LogP contribution in [0.15, 0.2) is 53.5 Å². The summed E-state index contributed by atoms with van der Waals surface area (Å²) in [5.74, 6) is -0.500. The molecule has 1 heterocycles. The number of nitrogens with zero attached hydrogens (tertiary/aromatic N) is 1. The summed E-state index contributed by atoms with van der Waals surface area (Å²) in [7, 11) is 0. The van der Waals surface area contributed by atoms with Crippen LogP contribution in [-0.4, -0.2) is 29.6 Å². The lowest BCUT2D eigenvalue weighted by Gasteiger charge is -2.09. The standard InChI is InChI=1S/C20H24N2O4/c1-15(2)17-8-6-16(7-9-17)10-11-21-18(23)14-26-20(25)13-22-12-4-3-5-19(22)24/h3-9,12,15H,10-11,13-14H2,1-2H3,(H,21,23). The Bertz CT molecular complexity index is 794. The topological polar surface area (TPSA) is 77.4 Å². The molecule has 1 aromatic heterocycles. The summed E-state index contributed by atoms with van der Waals surface area (Å²) in [5.41, 5.74) is 2.12. The van der Waals surface area contributed by atoms with Crippen LogP contribution in [0.1, 0.15) is 30.9 Å². The first kappa shape index (κ1) is 19.4. The number of rotatable bonds is 8. The van der Waals surface area contributed by atoms with Crippen LogP contribution < -0.4 is 10.9 Å². The van der Waals surface area contributed by atoms with Gasteiger partial charge in [-0.1, -0.05) is 44.2 Å². The largest absolute Gasteiger partial charge is 0.454 e. The van der Waals surface area contributed by atoms with Gasteiger partial charge in [0.25, 0.3) is 11.5 Å². The Morgan fingerprint density at radius 2 is 1.85 bits per heavy atom. The number of nitrogens with one attached hydrogen (secondary N) is 1. The van der Waals surface area contributed by atoms with E-state index in [2.05, 4.69) is 43.4 Å². The van der Waals surface area contributed by atoms with Crippen molar-refractivity contribution in [1.29, 1.82) is 0 Å². The number of carbonyl (C=O) groups is 2. The third kappa shape index (κ3) is 6.20. The van der Waals surface area contributed by atoms with E-state index in [4.69, 9.17) is 4.74 Å². The van der Waals surface area contributed by atoms with Gasteiger partial charge in [-0.05, 0) is 29.5 Å². The molecule has 0 saturated heterocycles. The number of ether oxygens (including phenoxy) is 1. The van der Waals surface area contributed by atoms with Gasteiger partial charge in [-0.15, -0.1) is 0 Å². The number of carbonyl (C=O) groups excluding carboxylic acids is 2. The maximum atomic E-state index is 11.7. The molecule has 0 unspecified atom stereocenters. The summed E-state index contributed by atoms with van der Waals surface area (Å²) in [6, 6.07) is 12.9. The highest BCUT2D eigenvalue weighted by molar-refractivity contribution is 5.80. The van der Waals surface area contributed by atoms with E-state index in [9.17, 15) is 14.4 Å². The highest BCUT2D eigenvalue weighted by Gasteiger charge is 2.09. The fourth-order valence-electron chi connectivity index (χ4n) is 2.39. The molecule has 0 aliphatic carbocycles. The second kappa shape index (κ2) is 9.56. The predicted octanol–water partition coefficient (Wildman–Crippen LogP) is 1.87. The molecule has 2 aromatic rings. The minimum Gasteiger partial charge on any atom is -0.454 e. The van der Waals surface area contributed by atoms with Gasteiger partial charge in [0.2, 0.25) is 0 Å². The molecule has 1 amide bonds. The molecular weight excluding hydrogens is 332 g/mol. The van der Waals surface area contributed by atoms with Crippen LogP contribution >= 0.6 is 0 Å². The molecule has 0 radical (unpaired) electrons. The van der Waals surface area contributed by atoms with E-state index in [0.29, 0.717) is 18.9 Å². The third-order valence-corrected chi connectivity index (χ3v) is 3.94. The maximum Gasteiger partial charge on any atom is 0.326 e. The Hall–Kier alpha value is -2.89. The number of benzene rings is 1. The average Bonchev–Trinajstić information content (AvgIpc) is 2.62. The van der Waals surface area contributed by atoms with Crippen LogP contribution in [0.25, 0.3) is 0 Å². The number of aromatic nitrogens is 1. The highest BCUT2D eigenvalue weighted by Crippen LogP contribution is 2.14. The lowest BCUT2D eigenvalue weighted by atomic mass is 10.0. The molecule has 1 N–H and O–H groups in total. The molecule has 0 aliphatic heterocycles. The van der Waals surface area contributed by atoms with Gasteiger partial charge in [-0.3, -0.25) is 14.4 Å². The van der Waals surface area contributed by atoms with E-state index >= 15 is 0 Å². The number of hydrogen-bond donors (Lipinski definition) is 1. The van der Waals surface area contributed by atoms with Gasteiger partial charge in [0.05, 0.1) is 0 Å². The molecule has 6 nitrogen and oxygen atoms in total. The molecular formula is C20H24N2O4. The van der Waals surface area contributed by atoms with E-state index in [1.165, 1.54) is 22.4 Å².